The minimum atomic E-state index is -0.240. The summed E-state index contributed by atoms with van der Waals surface area (Å²) in [5.74, 6) is -0.240. The van der Waals surface area contributed by atoms with Crippen LogP contribution in [0.3, 0.4) is 0 Å². The topological polar surface area (TPSA) is 59.8 Å². The molecule has 7 heteroatoms. The summed E-state index contributed by atoms with van der Waals surface area (Å²) < 4.78 is 1.24. The molecule has 1 aromatic heterocycles. The molecule has 1 aromatic carbocycles. The largest absolute Gasteiger partial charge is 0.324 e. The molecular formula is C12H12Cl2N4O. The van der Waals surface area contributed by atoms with Crippen LogP contribution in [0.15, 0.2) is 18.2 Å². The highest BCUT2D eigenvalue weighted by Gasteiger charge is 2.11. The Labute approximate surface area is 120 Å². The second-order valence-electron chi connectivity index (χ2n) is 4.17. The van der Waals surface area contributed by atoms with E-state index in [9.17, 15) is 4.79 Å². The van der Waals surface area contributed by atoms with Crippen molar-refractivity contribution in [3.05, 3.63) is 39.9 Å². The van der Waals surface area contributed by atoms with E-state index in [1.165, 1.54) is 4.68 Å². The zero-order chi connectivity index (χ0) is 14.0. The lowest BCUT2D eigenvalue weighted by atomic mass is 10.1. The molecule has 1 amide bonds. The summed E-state index contributed by atoms with van der Waals surface area (Å²) in [6.07, 6.45) is 0. The number of carbonyl (C=O) groups is 1. The number of halogens is 2. The molecule has 0 fully saturated rings. The number of nitrogens with one attached hydrogen (secondary N) is 1. The second-order valence-corrected chi connectivity index (χ2v) is 4.85. The van der Waals surface area contributed by atoms with E-state index in [0.717, 1.165) is 16.8 Å². The molecule has 0 aliphatic carbocycles. The number of rotatable bonds is 3. The lowest BCUT2D eigenvalue weighted by molar-refractivity contribution is -0.116. The van der Waals surface area contributed by atoms with Gasteiger partial charge in [-0.25, -0.2) is 4.68 Å². The van der Waals surface area contributed by atoms with Crippen LogP contribution in [0, 0.1) is 13.8 Å². The molecule has 0 atom stereocenters. The third-order valence-corrected chi connectivity index (χ3v) is 2.99. The standard InChI is InChI=1S/C12H12Cl2N4O/c1-7-3-4-9(8(2)5-7)15-10(19)6-18-12(14)16-11(13)17-18/h3-5H,6H2,1-2H3,(H,15,19). The van der Waals surface area contributed by atoms with Crippen LogP contribution in [0.5, 0.6) is 0 Å². The molecule has 0 saturated heterocycles. The Kier molecular flexibility index (Phi) is 4.07. The first-order valence-corrected chi connectivity index (χ1v) is 6.34. The summed E-state index contributed by atoms with van der Waals surface area (Å²) >= 11 is 11.4. The van der Waals surface area contributed by atoms with Crippen molar-refractivity contribution in [1.82, 2.24) is 14.8 Å². The number of hydrogen-bond donors (Lipinski definition) is 1. The lowest BCUT2D eigenvalue weighted by Crippen LogP contribution is -2.20. The van der Waals surface area contributed by atoms with E-state index >= 15 is 0 Å². The van der Waals surface area contributed by atoms with Gasteiger partial charge in [-0.2, -0.15) is 4.98 Å². The van der Waals surface area contributed by atoms with E-state index in [2.05, 4.69) is 15.4 Å². The maximum Gasteiger partial charge on any atom is 0.246 e. The third kappa shape index (κ3) is 3.45. The average molecular weight is 299 g/mol. The van der Waals surface area contributed by atoms with Crippen LogP contribution < -0.4 is 5.32 Å². The fourth-order valence-corrected chi connectivity index (χ4v) is 2.07. The summed E-state index contributed by atoms with van der Waals surface area (Å²) in [5.41, 5.74) is 2.90. The molecule has 100 valence electrons. The molecular weight excluding hydrogens is 287 g/mol. The summed E-state index contributed by atoms with van der Waals surface area (Å²) in [4.78, 5) is 15.6. The number of nitrogens with zero attached hydrogens (tertiary/aromatic N) is 3. The average Bonchev–Trinajstić information content (AvgIpc) is 2.61. The van der Waals surface area contributed by atoms with Crippen LogP contribution in [0.4, 0.5) is 5.69 Å². The normalized spacial score (nSPS) is 10.5. The van der Waals surface area contributed by atoms with Gasteiger partial charge in [-0.05, 0) is 48.7 Å². The number of anilines is 1. The molecule has 0 aliphatic rings. The van der Waals surface area contributed by atoms with Crippen LogP contribution in [-0.2, 0) is 11.3 Å². The first-order valence-electron chi connectivity index (χ1n) is 5.58. The highest BCUT2D eigenvalue weighted by Crippen LogP contribution is 2.16. The van der Waals surface area contributed by atoms with Crippen molar-refractivity contribution in [3.8, 4) is 0 Å². The van der Waals surface area contributed by atoms with Crippen LogP contribution in [0.1, 0.15) is 11.1 Å². The Balaban J connectivity index is 2.07. The highest BCUT2D eigenvalue weighted by atomic mass is 35.5. The van der Waals surface area contributed by atoms with E-state index in [1.54, 1.807) is 0 Å². The van der Waals surface area contributed by atoms with Gasteiger partial charge in [-0.1, -0.05) is 17.7 Å². The summed E-state index contributed by atoms with van der Waals surface area (Å²) in [6.45, 7) is 3.89. The predicted molar refractivity (Wildman–Crippen MR) is 74.6 cm³/mol. The van der Waals surface area contributed by atoms with Crippen molar-refractivity contribution in [2.75, 3.05) is 5.32 Å². The van der Waals surface area contributed by atoms with E-state index < -0.39 is 0 Å². The molecule has 2 aromatic rings. The van der Waals surface area contributed by atoms with E-state index in [1.807, 2.05) is 32.0 Å². The third-order valence-electron chi connectivity index (χ3n) is 2.55. The molecule has 0 unspecified atom stereocenters. The minimum Gasteiger partial charge on any atom is -0.324 e. The molecule has 0 radical (unpaired) electrons. The second kappa shape index (κ2) is 5.59. The molecule has 0 saturated carbocycles. The zero-order valence-electron chi connectivity index (χ0n) is 10.4. The van der Waals surface area contributed by atoms with Gasteiger partial charge in [0.1, 0.15) is 6.54 Å². The van der Waals surface area contributed by atoms with Crippen LogP contribution in [-0.4, -0.2) is 20.7 Å². The maximum absolute atomic E-state index is 11.9. The maximum atomic E-state index is 11.9. The van der Waals surface area contributed by atoms with Gasteiger partial charge in [-0.15, -0.1) is 5.10 Å². The van der Waals surface area contributed by atoms with Gasteiger partial charge in [0.2, 0.25) is 16.5 Å². The number of aromatic nitrogens is 3. The van der Waals surface area contributed by atoms with Crippen LogP contribution >= 0.6 is 23.2 Å². The van der Waals surface area contributed by atoms with Crippen molar-refractivity contribution in [3.63, 3.8) is 0 Å². The summed E-state index contributed by atoms with van der Waals surface area (Å²) in [6, 6.07) is 5.79. The van der Waals surface area contributed by atoms with Crippen molar-refractivity contribution in [2.24, 2.45) is 0 Å². The first-order chi connectivity index (χ1) is 8.95. The Morgan fingerprint density at radius 3 is 2.68 bits per heavy atom. The van der Waals surface area contributed by atoms with Gasteiger partial charge in [0.25, 0.3) is 0 Å². The van der Waals surface area contributed by atoms with Gasteiger partial charge in [0, 0.05) is 5.69 Å². The SMILES string of the molecule is Cc1ccc(NC(=O)Cn2nc(Cl)nc2Cl)c(C)c1. The fourth-order valence-electron chi connectivity index (χ4n) is 1.68. The minimum absolute atomic E-state index is 0.0179. The summed E-state index contributed by atoms with van der Waals surface area (Å²) in [7, 11) is 0. The molecule has 5 nitrogen and oxygen atoms in total. The zero-order valence-corrected chi connectivity index (χ0v) is 12.0. The first kappa shape index (κ1) is 13.8. The van der Waals surface area contributed by atoms with Crippen LogP contribution in [0.2, 0.25) is 10.6 Å². The number of benzene rings is 1. The van der Waals surface area contributed by atoms with Gasteiger partial charge in [-0.3, -0.25) is 4.79 Å². The van der Waals surface area contributed by atoms with Crippen molar-refractivity contribution in [2.45, 2.75) is 20.4 Å². The van der Waals surface area contributed by atoms with Crippen molar-refractivity contribution >= 4 is 34.8 Å². The Morgan fingerprint density at radius 1 is 1.37 bits per heavy atom. The van der Waals surface area contributed by atoms with Crippen molar-refractivity contribution in [1.29, 1.82) is 0 Å². The van der Waals surface area contributed by atoms with E-state index in [4.69, 9.17) is 23.2 Å². The number of amides is 1. The number of hydrogen-bond acceptors (Lipinski definition) is 3. The number of carbonyl (C=O) groups excluding carboxylic acids is 1. The quantitative estimate of drug-likeness (QED) is 0.948. The Morgan fingerprint density at radius 2 is 2.11 bits per heavy atom. The highest BCUT2D eigenvalue weighted by molar-refractivity contribution is 6.31. The lowest BCUT2D eigenvalue weighted by Gasteiger charge is -2.09. The van der Waals surface area contributed by atoms with E-state index in [-0.39, 0.29) is 23.0 Å². The Bertz CT molecular complexity index is 624. The molecule has 0 bridgehead atoms. The van der Waals surface area contributed by atoms with E-state index in [0.29, 0.717) is 0 Å². The predicted octanol–water partition coefficient (Wildman–Crippen LogP) is 2.84. The van der Waals surface area contributed by atoms with Crippen molar-refractivity contribution < 1.29 is 4.79 Å². The molecule has 1 N–H and O–H groups in total. The molecule has 0 aliphatic heterocycles. The van der Waals surface area contributed by atoms with Gasteiger partial charge in [0.05, 0.1) is 0 Å². The van der Waals surface area contributed by atoms with Gasteiger partial charge in [0.15, 0.2) is 0 Å². The van der Waals surface area contributed by atoms with Gasteiger partial charge < -0.3 is 5.32 Å². The molecule has 2 rings (SSSR count). The van der Waals surface area contributed by atoms with Crippen LogP contribution in [0.25, 0.3) is 0 Å². The molecule has 19 heavy (non-hydrogen) atoms. The summed E-state index contributed by atoms with van der Waals surface area (Å²) in [5, 5.41) is 6.70. The number of aryl methyl sites for hydroxylation is 2. The Hall–Kier alpha value is -1.59. The van der Waals surface area contributed by atoms with Gasteiger partial charge >= 0.3 is 0 Å². The monoisotopic (exact) mass is 298 g/mol. The molecule has 1 heterocycles. The fraction of sp³-hybridized carbons (Fsp3) is 0.250. The smallest absolute Gasteiger partial charge is 0.246 e. The molecule has 0 spiro atoms.